The molecule has 96 valence electrons. The van der Waals surface area contributed by atoms with E-state index < -0.39 is 0 Å². The number of aromatic nitrogens is 1. The number of thiazole rings is 1. The molecule has 0 radical (unpaired) electrons. The van der Waals surface area contributed by atoms with Gasteiger partial charge >= 0.3 is 0 Å². The van der Waals surface area contributed by atoms with Crippen molar-refractivity contribution in [2.45, 2.75) is 0 Å². The Morgan fingerprint density at radius 2 is 2.05 bits per heavy atom. The first-order valence-corrected chi connectivity index (χ1v) is 7.05. The number of hydrogen-bond donors (Lipinski definition) is 1. The molecule has 0 unspecified atom stereocenters. The van der Waals surface area contributed by atoms with E-state index >= 15 is 0 Å². The third kappa shape index (κ3) is 3.07. The Labute approximate surface area is 124 Å². The zero-order valence-electron chi connectivity index (χ0n) is 9.60. The highest BCUT2D eigenvalue weighted by Crippen LogP contribution is 2.28. The minimum atomic E-state index is -0.166. The minimum absolute atomic E-state index is 0.111. The van der Waals surface area contributed by atoms with Crippen LogP contribution >= 0.6 is 34.5 Å². The van der Waals surface area contributed by atoms with Crippen LogP contribution in [-0.2, 0) is 0 Å². The van der Waals surface area contributed by atoms with Crippen molar-refractivity contribution in [1.82, 2.24) is 4.98 Å². The number of rotatable bonds is 3. The summed E-state index contributed by atoms with van der Waals surface area (Å²) in [6.07, 6.45) is 0. The van der Waals surface area contributed by atoms with Crippen molar-refractivity contribution in [1.29, 1.82) is 5.26 Å². The van der Waals surface area contributed by atoms with Crippen LogP contribution < -0.4 is 0 Å². The van der Waals surface area contributed by atoms with Crippen molar-refractivity contribution in [2.75, 3.05) is 5.88 Å². The zero-order chi connectivity index (χ0) is 13.8. The van der Waals surface area contributed by atoms with E-state index in [4.69, 9.17) is 28.5 Å². The van der Waals surface area contributed by atoms with Crippen LogP contribution in [0.2, 0.25) is 5.02 Å². The number of allylic oxidation sites excluding steroid dienone is 2. The van der Waals surface area contributed by atoms with Gasteiger partial charge in [-0.25, -0.2) is 4.98 Å². The van der Waals surface area contributed by atoms with E-state index in [1.54, 1.807) is 12.1 Å². The molecule has 1 heterocycles. The number of aliphatic hydroxyl groups excluding tert-OH is 1. The molecule has 0 atom stereocenters. The molecule has 1 aromatic heterocycles. The fourth-order valence-electron chi connectivity index (χ4n) is 1.44. The Hall–Kier alpha value is -1.54. The molecular formula is C13H8Cl2N2OS. The van der Waals surface area contributed by atoms with Gasteiger partial charge in [-0.1, -0.05) is 23.7 Å². The topological polar surface area (TPSA) is 56.9 Å². The third-order valence-corrected chi connectivity index (χ3v) is 3.75. The van der Waals surface area contributed by atoms with Crippen LogP contribution in [0.15, 0.2) is 35.4 Å². The molecule has 6 heteroatoms. The van der Waals surface area contributed by atoms with Gasteiger partial charge < -0.3 is 5.11 Å². The lowest BCUT2D eigenvalue weighted by Gasteiger charge is -1.97. The molecule has 0 saturated carbocycles. The van der Waals surface area contributed by atoms with Crippen molar-refractivity contribution in [3.05, 3.63) is 45.4 Å². The molecule has 3 nitrogen and oxygen atoms in total. The van der Waals surface area contributed by atoms with Crippen LogP contribution in [0.5, 0.6) is 0 Å². The third-order valence-electron chi connectivity index (χ3n) is 2.38. The van der Waals surface area contributed by atoms with Gasteiger partial charge in [0, 0.05) is 16.0 Å². The summed E-state index contributed by atoms with van der Waals surface area (Å²) in [4.78, 5) is 4.33. The summed E-state index contributed by atoms with van der Waals surface area (Å²) in [5.41, 5.74) is 1.74. The second kappa shape index (κ2) is 6.07. The molecule has 0 amide bonds. The molecule has 2 aromatic rings. The predicted octanol–water partition coefficient (Wildman–Crippen LogP) is 4.49. The quantitative estimate of drug-likeness (QED) is 0.516. The van der Waals surface area contributed by atoms with Crippen LogP contribution in [0, 0.1) is 11.3 Å². The highest BCUT2D eigenvalue weighted by molar-refractivity contribution is 7.11. The molecule has 19 heavy (non-hydrogen) atoms. The van der Waals surface area contributed by atoms with E-state index in [1.165, 1.54) is 11.3 Å². The highest BCUT2D eigenvalue weighted by atomic mass is 35.5. The fourth-order valence-corrected chi connectivity index (χ4v) is 2.55. The van der Waals surface area contributed by atoms with Crippen LogP contribution in [0.4, 0.5) is 0 Å². The van der Waals surface area contributed by atoms with Crippen molar-refractivity contribution < 1.29 is 5.11 Å². The summed E-state index contributed by atoms with van der Waals surface area (Å²) < 4.78 is 0. The lowest BCUT2D eigenvalue weighted by molar-refractivity contribution is 0.420. The van der Waals surface area contributed by atoms with Gasteiger partial charge in [0.1, 0.15) is 22.4 Å². The van der Waals surface area contributed by atoms with E-state index in [1.807, 2.05) is 23.6 Å². The van der Waals surface area contributed by atoms with E-state index in [0.29, 0.717) is 10.0 Å². The van der Waals surface area contributed by atoms with E-state index in [9.17, 15) is 5.11 Å². The molecule has 1 aromatic carbocycles. The number of hydrogen-bond acceptors (Lipinski definition) is 4. The molecule has 0 spiro atoms. The van der Waals surface area contributed by atoms with Crippen molar-refractivity contribution >= 4 is 40.1 Å². The van der Waals surface area contributed by atoms with Gasteiger partial charge in [-0.15, -0.1) is 22.9 Å². The SMILES string of the molecule is N#C/C(=C(/O)CCl)c1nc(-c2ccc(Cl)cc2)cs1. The van der Waals surface area contributed by atoms with Crippen LogP contribution in [-0.4, -0.2) is 16.0 Å². The first-order chi connectivity index (χ1) is 9.15. The monoisotopic (exact) mass is 310 g/mol. The number of nitriles is 1. The van der Waals surface area contributed by atoms with Gasteiger partial charge in [0.25, 0.3) is 0 Å². The predicted molar refractivity (Wildman–Crippen MR) is 78.4 cm³/mol. The number of alkyl halides is 1. The molecule has 0 fully saturated rings. The lowest BCUT2D eigenvalue weighted by atomic mass is 10.2. The Balaban J connectivity index is 2.39. The number of aliphatic hydroxyl groups is 1. The normalized spacial score (nSPS) is 11.8. The smallest absolute Gasteiger partial charge is 0.138 e. The average molecular weight is 311 g/mol. The van der Waals surface area contributed by atoms with Crippen LogP contribution in [0.1, 0.15) is 5.01 Å². The van der Waals surface area contributed by atoms with Crippen molar-refractivity contribution in [2.24, 2.45) is 0 Å². The maximum absolute atomic E-state index is 9.56. The zero-order valence-corrected chi connectivity index (χ0v) is 11.9. The summed E-state index contributed by atoms with van der Waals surface area (Å²) in [5.74, 6) is -0.278. The summed E-state index contributed by atoms with van der Waals surface area (Å²) in [6, 6.07) is 9.15. The molecule has 2 rings (SSSR count). The first-order valence-electron chi connectivity index (χ1n) is 5.25. The molecule has 0 saturated heterocycles. The van der Waals surface area contributed by atoms with Crippen LogP contribution in [0.3, 0.4) is 0 Å². The van der Waals surface area contributed by atoms with Gasteiger partial charge in [0.2, 0.25) is 0 Å². The maximum atomic E-state index is 9.56. The lowest BCUT2D eigenvalue weighted by Crippen LogP contribution is -1.90. The Morgan fingerprint density at radius 1 is 1.37 bits per heavy atom. The van der Waals surface area contributed by atoms with Crippen LogP contribution in [0.25, 0.3) is 16.8 Å². The second-order valence-corrected chi connectivity index (χ2v) is 5.17. The molecule has 0 aliphatic heterocycles. The maximum Gasteiger partial charge on any atom is 0.138 e. The first kappa shape index (κ1) is 13.9. The minimum Gasteiger partial charge on any atom is -0.510 e. The number of benzene rings is 1. The fraction of sp³-hybridized carbons (Fsp3) is 0.0769. The summed E-state index contributed by atoms with van der Waals surface area (Å²) in [5, 5.41) is 21.5. The molecule has 0 aliphatic rings. The summed E-state index contributed by atoms with van der Waals surface area (Å²) >= 11 is 12.6. The van der Waals surface area contributed by atoms with E-state index in [0.717, 1.165) is 11.3 Å². The number of nitrogens with zero attached hydrogens (tertiary/aromatic N) is 2. The average Bonchev–Trinajstić information content (AvgIpc) is 2.89. The Kier molecular flexibility index (Phi) is 4.43. The Morgan fingerprint density at radius 3 is 2.63 bits per heavy atom. The summed E-state index contributed by atoms with van der Waals surface area (Å²) in [7, 11) is 0. The largest absolute Gasteiger partial charge is 0.510 e. The molecule has 0 aliphatic carbocycles. The van der Waals surface area contributed by atoms with Gasteiger partial charge in [0.05, 0.1) is 11.6 Å². The van der Waals surface area contributed by atoms with Crippen molar-refractivity contribution in [3.63, 3.8) is 0 Å². The number of halogens is 2. The molecular weight excluding hydrogens is 303 g/mol. The van der Waals surface area contributed by atoms with Gasteiger partial charge in [0.15, 0.2) is 0 Å². The van der Waals surface area contributed by atoms with E-state index in [2.05, 4.69) is 4.98 Å². The van der Waals surface area contributed by atoms with E-state index in [-0.39, 0.29) is 17.2 Å². The van der Waals surface area contributed by atoms with Gasteiger partial charge in [-0.2, -0.15) is 5.26 Å². The standard InChI is InChI=1S/C13H8Cl2N2OS/c14-5-12(18)10(6-16)13-17-11(7-19-13)8-1-3-9(15)4-2-8/h1-4,7,18H,5H2/b12-10-. The van der Waals surface area contributed by atoms with Gasteiger partial charge in [-0.3, -0.25) is 0 Å². The highest BCUT2D eigenvalue weighted by Gasteiger charge is 2.13. The van der Waals surface area contributed by atoms with Gasteiger partial charge in [-0.05, 0) is 12.1 Å². The second-order valence-electron chi connectivity index (χ2n) is 3.61. The summed E-state index contributed by atoms with van der Waals surface area (Å²) in [6.45, 7) is 0. The Bertz CT molecular complexity index is 656. The van der Waals surface area contributed by atoms with Crippen molar-refractivity contribution in [3.8, 4) is 17.3 Å². The molecule has 1 N–H and O–H groups in total. The molecule has 0 bridgehead atoms.